The SMILES string of the molecule is CC(N)C(C)C(=O)Nc1ccc(C(=O)N2CCCCCC2)cc1. The van der Waals surface area contributed by atoms with Crippen LogP contribution in [0.4, 0.5) is 5.69 Å². The van der Waals surface area contributed by atoms with Gasteiger partial charge in [0, 0.05) is 30.4 Å². The van der Waals surface area contributed by atoms with E-state index in [2.05, 4.69) is 5.32 Å². The third-order valence-electron chi connectivity index (χ3n) is 4.49. The lowest BCUT2D eigenvalue weighted by Crippen LogP contribution is -2.34. The molecular formula is C18H27N3O2. The summed E-state index contributed by atoms with van der Waals surface area (Å²) < 4.78 is 0. The molecule has 23 heavy (non-hydrogen) atoms. The minimum Gasteiger partial charge on any atom is -0.339 e. The molecule has 2 amide bonds. The summed E-state index contributed by atoms with van der Waals surface area (Å²) in [6.07, 6.45) is 4.56. The molecule has 2 unspecified atom stereocenters. The lowest BCUT2D eigenvalue weighted by molar-refractivity contribution is -0.119. The largest absolute Gasteiger partial charge is 0.339 e. The Balaban J connectivity index is 1.98. The molecule has 3 N–H and O–H groups in total. The Hall–Kier alpha value is -1.88. The number of hydrogen-bond acceptors (Lipinski definition) is 3. The van der Waals surface area contributed by atoms with E-state index in [0.29, 0.717) is 11.3 Å². The van der Waals surface area contributed by atoms with Gasteiger partial charge in [0.05, 0.1) is 5.92 Å². The zero-order chi connectivity index (χ0) is 16.8. The number of rotatable bonds is 4. The van der Waals surface area contributed by atoms with Crippen LogP contribution >= 0.6 is 0 Å². The average molecular weight is 317 g/mol. The number of anilines is 1. The van der Waals surface area contributed by atoms with Crippen molar-refractivity contribution in [3.8, 4) is 0 Å². The second-order valence-corrected chi connectivity index (χ2v) is 6.42. The molecule has 0 radical (unpaired) electrons. The van der Waals surface area contributed by atoms with Gasteiger partial charge in [-0.3, -0.25) is 9.59 Å². The summed E-state index contributed by atoms with van der Waals surface area (Å²) in [6.45, 7) is 5.29. The molecule has 1 fully saturated rings. The van der Waals surface area contributed by atoms with E-state index < -0.39 is 0 Å². The van der Waals surface area contributed by atoms with Gasteiger partial charge in [0.1, 0.15) is 0 Å². The van der Waals surface area contributed by atoms with Crippen molar-refractivity contribution >= 4 is 17.5 Å². The number of amides is 2. The minimum atomic E-state index is -0.256. The van der Waals surface area contributed by atoms with E-state index in [1.807, 2.05) is 11.8 Å². The first kappa shape index (κ1) is 17.5. The van der Waals surface area contributed by atoms with E-state index in [4.69, 9.17) is 5.73 Å². The maximum atomic E-state index is 12.5. The second kappa shape index (κ2) is 8.11. The Labute approximate surface area is 138 Å². The van der Waals surface area contributed by atoms with Gasteiger partial charge in [-0.05, 0) is 44.0 Å². The van der Waals surface area contributed by atoms with Crippen LogP contribution in [0, 0.1) is 5.92 Å². The van der Waals surface area contributed by atoms with E-state index in [1.165, 1.54) is 12.8 Å². The molecule has 0 spiro atoms. The fourth-order valence-electron chi connectivity index (χ4n) is 2.65. The normalized spacial score (nSPS) is 18.0. The van der Waals surface area contributed by atoms with Crippen molar-refractivity contribution in [1.29, 1.82) is 0 Å². The molecule has 1 aliphatic rings. The summed E-state index contributed by atoms with van der Waals surface area (Å²) in [5.74, 6) is -0.284. The predicted molar refractivity (Wildman–Crippen MR) is 92.3 cm³/mol. The van der Waals surface area contributed by atoms with Gasteiger partial charge in [0.25, 0.3) is 5.91 Å². The van der Waals surface area contributed by atoms with Crippen molar-refractivity contribution < 1.29 is 9.59 Å². The average Bonchev–Trinajstić information content (AvgIpc) is 2.83. The number of likely N-dealkylation sites (tertiary alicyclic amines) is 1. The Kier molecular flexibility index (Phi) is 6.16. The number of nitrogens with two attached hydrogens (primary N) is 1. The van der Waals surface area contributed by atoms with Crippen LogP contribution < -0.4 is 11.1 Å². The fraction of sp³-hybridized carbons (Fsp3) is 0.556. The van der Waals surface area contributed by atoms with E-state index in [0.717, 1.165) is 25.9 Å². The molecule has 5 heteroatoms. The molecule has 1 aromatic rings. The van der Waals surface area contributed by atoms with Crippen LogP contribution in [0.5, 0.6) is 0 Å². The van der Waals surface area contributed by atoms with Gasteiger partial charge in [-0.1, -0.05) is 19.8 Å². The molecule has 0 bridgehead atoms. The molecule has 0 saturated carbocycles. The number of hydrogen-bond donors (Lipinski definition) is 2. The fourth-order valence-corrected chi connectivity index (χ4v) is 2.65. The van der Waals surface area contributed by atoms with Gasteiger partial charge in [-0.15, -0.1) is 0 Å². The molecule has 2 rings (SSSR count). The number of benzene rings is 1. The summed E-state index contributed by atoms with van der Waals surface area (Å²) in [7, 11) is 0. The maximum absolute atomic E-state index is 12.5. The van der Waals surface area contributed by atoms with Gasteiger partial charge < -0.3 is 16.0 Å². The molecule has 1 aliphatic heterocycles. The molecular weight excluding hydrogens is 290 g/mol. The molecule has 1 saturated heterocycles. The first-order valence-electron chi connectivity index (χ1n) is 8.45. The highest BCUT2D eigenvalue weighted by Gasteiger charge is 2.19. The van der Waals surface area contributed by atoms with Crippen molar-refractivity contribution in [2.45, 2.75) is 45.6 Å². The van der Waals surface area contributed by atoms with Crippen LogP contribution in [-0.2, 0) is 4.79 Å². The summed E-state index contributed by atoms with van der Waals surface area (Å²) in [5, 5.41) is 2.83. The number of carbonyl (C=O) groups excluding carboxylic acids is 2. The van der Waals surface area contributed by atoms with Crippen molar-refractivity contribution in [1.82, 2.24) is 4.90 Å². The molecule has 126 valence electrons. The lowest BCUT2D eigenvalue weighted by atomic mass is 10.0. The van der Waals surface area contributed by atoms with E-state index in [-0.39, 0.29) is 23.8 Å². The van der Waals surface area contributed by atoms with Crippen LogP contribution in [0.3, 0.4) is 0 Å². The van der Waals surface area contributed by atoms with E-state index in [9.17, 15) is 9.59 Å². The summed E-state index contributed by atoms with van der Waals surface area (Å²) >= 11 is 0. The van der Waals surface area contributed by atoms with Crippen LogP contribution in [0.15, 0.2) is 24.3 Å². The summed E-state index contributed by atoms with van der Waals surface area (Å²) in [5.41, 5.74) is 7.10. The smallest absolute Gasteiger partial charge is 0.253 e. The first-order valence-corrected chi connectivity index (χ1v) is 8.45. The van der Waals surface area contributed by atoms with Gasteiger partial charge in [0.2, 0.25) is 5.91 Å². The Morgan fingerprint density at radius 2 is 1.61 bits per heavy atom. The predicted octanol–water partition coefficient (Wildman–Crippen LogP) is 2.62. The second-order valence-electron chi connectivity index (χ2n) is 6.42. The van der Waals surface area contributed by atoms with Gasteiger partial charge in [-0.2, -0.15) is 0 Å². The topological polar surface area (TPSA) is 75.4 Å². The monoisotopic (exact) mass is 317 g/mol. The molecule has 0 aromatic heterocycles. The highest BCUT2D eigenvalue weighted by molar-refractivity contribution is 5.96. The maximum Gasteiger partial charge on any atom is 0.253 e. The zero-order valence-corrected chi connectivity index (χ0v) is 14.0. The molecule has 1 heterocycles. The highest BCUT2D eigenvalue weighted by atomic mass is 16.2. The standard InChI is InChI=1S/C18H27N3O2/c1-13(14(2)19)17(22)20-16-9-7-15(8-10-16)18(23)21-11-5-3-4-6-12-21/h7-10,13-14H,3-6,11-12,19H2,1-2H3,(H,20,22). The summed E-state index contributed by atoms with van der Waals surface area (Å²) in [6, 6.07) is 6.91. The van der Waals surface area contributed by atoms with Gasteiger partial charge in [0.15, 0.2) is 0 Å². The van der Waals surface area contributed by atoms with E-state index in [1.54, 1.807) is 31.2 Å². The van der Waals surface area contributed by atoms with Crippen molar-refractivity contribution in [3.63, 3.8) is 0 Å². The highest BCUT2D eigenvalue weighted by Crippen LogP contribution is 2.16. The van der Waals surface area contributed by atoms with Gasteiger partial charge in [-0.25, -0.2) is 0 Å². The number of nitrogens with zero attached hydrogens (tertiary/aromatic N) is 1. The van der Waals surface area contributed by atoms with Crippen molar-refractivity contribution in [3.05, 3.63) is 29.8 Å². The first-order chi connectivity index (χ1) is 11.0. The van der Waals surface area contributed by atoms with Crippen molar-refractivity contribution in [2.24, 2.45) is 11.7 Å². The van der Waals surface area contributed by atoms with Crippen molar-refractivity contribution in [2.75, 3.05) is 18.4 Å². The molecule has 2 atom stereocenters. The van der Waals surface area contributed by atoms with Gasteiger partial charge >= 0.3 is 0 Å². The van der Waals surface area contributed by atoms with E-state index >= 15 is 0 Å². The van der Waals surface area contributed by atoms with Crippen LogP contribution in [0.25, 0.3) is 0 Å². The van der Waals surface area contributed by atoms with Crippen LogP contribution in [0.1, 0.15) is 49.9 Å². The zero-order valence-electron chi connectivity index (χ0n) is 14.0. The third-order valence-corrected chi connectivity index (χ3v) is 4.49. The molecule has 5 nitrogen and oxygen atoms in total. The Bertz CT molecular complexity index is 532. The molecule has 0 aliphatic carbocycles. The Morgan fingerprint density at radius 1 is 1.04 bits per heavy atom. The lowest BCUT2D eigenvalue weighted by Gasteiger charge is -2.20. The van der Waals surface area contributed by atoms with Crippen LogP contribution in [-0.4, -0.2) is 35.8 Å². The third kappa shape index (κ3) is 4.79. The number of nitrogens with one attached hydrogen (secondary N) is 1. The quantitative estimate of drug-likeness (QED) is 0.896. The Morgan fingerprint density at radius 3 is 2.13 bits per heavy atom. The summed E-state index contributed by atoms with van der Waals surface area (Å²) in [4.78, 5) is 26.4. The molecule has 1 aromatic carbocycles. The number of carbonyl (C=O) groups is 2. The van der Waals surface area contributed by atoms with Crippen LogP contribution in [0.2, 0.25) is 0 Å². The minimum absolute atomic E-state index is 0.0775.